The highest BCUT2D eigenvalue weighted by Gasteiger charge is 2.51. The minimum absolute atomic E-state index is 0.0150. The number of fused-ring (bicyclic) bond motifs is 1. The fraction of sp³-hybridized carbons (Fsp3) is 0.607. The summed E-state index contributed by atoms with van der Waals surface area (Å²) in [6.07, 6.45) is 11.0. The summed E-state index contributed by atoms with van der Waals surface area (Å²) in [5.41, 5.74) is 0.976. The second kappa shape index (κ2) is 13.3. The number of hydrogen-bond acceptors (Lipinski definition) is 4. The van der Waals surface area contributed by atoms with Gasteiger partial charge < -0.3 is 15.1 Å². The van der Waals surface area contributed by atoms with E-state index < -0.39 is 12.2 Å². The van der Waals surface area contributed by atoms with Crippen molar-refractivity contribution in [1.29, 1.82) is 0 Å². The van der Waals surface area contributed by atoms with Gasteiger partial charge in [0, 0.05) is 13.1 Å². The molecule has 4 amide bonds. The molecule has 196 valence electrons. The van der Waals surface area contributed by atoms with Crippen molar-refractivity contribution in [2.45, 2.75) is 78.0 Å². The zero-order valence-corrected chi connectivity index (χ0v) is 22.0. The van der Waals surface area contributed by atoms with Crippen LogP contribution in [0.1, 0.15) is 64.9 Å². The Bertz CT molecular complexity index is 929. The largest absolute Gasteiger partial charge is 0.337 e. The Morgan fingerprint density at radius 1 is 1.14 bits per heavy atom. The summed E-state index contributed by atoms with van der Waals surface area (Å²) in [5.74, 6) is 2.63. The Morgan fingerprint density at radius 3 is 2.53 bits per heavy atom. The maximum absolute atomic E-state index is 13.5. The predicted molar refractivity (Wildman–Crippen MR) is 140 cm³/mol. The van der Waals surface area contributed by atoms with E-state index in [1.54, 1.807) is 14.9 Å². The first kappa shape index (κ1) is 27.5. The van der Waals surface area contributed by atoms with Crippen molar-refractivity contribution >= 4 is 17.8 Å². The smallest absolute Gasteiger partial charge is 0.334 e. The molecule has 2 aliphatic heterocycles. The minimum atomic E-state index is -0.590. The Balaban J connectivity index is 1.85. The molecule has 1 N–H and O–H groups in total. The summed E-state index contributed by atoms with van der Waals surface area (Å²) in [7, 11) is 0. The summed E-state index contributed by atoms with van der Waals surface area (Å²) in [6, 6.07) is 8.78. The van der Waals surface area contributed by atoms with Gasteiger partial charge in [-0.1, -0.05) is 82.7 Å². The highest BCUT2D eigenvalue weighted by atomic mass is 16.2. The minimum Gasteiger partial charge on any atom is -0.337 e. The van der Waals surface area contributed by atoms with Gasteiger partial charge in [-0.2, -0.15) is 5.01 Å². The second-order valence-electron chi connectivity index (χ2n) is 10.1. The summed E-state index contributed by atoms with van der Waals surface area (Å²) in [6.45, 7) is 7.66. The SMILES string of the molecule is C#CCN1CC(=O)N2[C@@H](CC(C)C)C(=O)N(CCCCCCC)C[C@@H]2N1C(=O)NCc1ccccc1. The Morgan fingerprint density at radius 2 is 1.86 bits per heavy atom. The zero-order valence-electron chi connectivity index (χ0n) is 22.0. The third kappa shape index (κ3) is 6.79. The van der Waals surface area contributed by atoms with Crippen LogP contribution in [0.15, 0.2) is 30.3 Å². The van der Waals surface area contributed by atoms with Crippen LogP contribution in [-0.4, -0.2) is 76.0 Å². The molecule has 2 saturated heterocycles. The van der Waals surface area contributed by atoms with Gasteiger partial charge in [-0.3, -0.25) is 9.59 Å². The third-order valence-corrected chi connectivity index (χ3v) is 6.82. The summed E-state index contributed by atoms with van der Waals surface area (Å²) < 4.78 is 0. The standard InChI is InChI=1S/C28H41N5O3/c1-5-7-8-9-13-17-30-20-25-32(24(27(30)35)18-22(3)4)26(34)21-31(16-6-2)33(25)28(36)29-19-23-14-11-10-12-15-23/h2,10-12,14-15,22,24-25H,5,7-9,13,16-21H2,1,3-4H3,(H,29,36)/t24-,25-/m0/s1. The lowest BCUT2D eigenvalue weighted by molar-refractivity contribution is -0.189. The number of hydrazine groups is 1. The van der Waals surface area contributed by atoms with Gasteiger partial charge >= 0.3 is 6.03 Å². The number of carbonyl (C=O) groups is 3. The van der Waals surface area contributed by atoms with Gasteiger partial charge in [-0.05, 0) is 24.3 Å². The molecule has 0 radical (unpaired) electrons. The summed E-state index contributed by atoms with van der Waals surface area (Å²) in [5, 5.41) is 6.20. The van der Waals surface area contributed by atoms with Crippen molar-refractivity contribution < 1.29 is 14.4 Å². The molecule has 2 aliphatic rings. The number of unbranched alkanes of at least 4 members (excludes halogenated alkanes) is 4. The van der Waals surface area contributed by atoms with Crippen LogP contribution in [0, 0.1) is 18.3 Å². The van der Waals surface area contributed by atoms with Crippen LogP contribution in [0.3, 0.4) is 0 Å². The quantitative estimate of drug-likeness (QED) is 0.377. The Hall–Kier alpha value is -3.05. The van der Waals surface area contributed by atoms with Gasteiger partial charge in [0.1, 0.15) is 12.2 Å². The van der Waals surface area contributed by atoms with E-state index in [0.29, 0.717) is 19.5 Å². The highest BCUT2D eigenvalue weighted by Crippen LogP contribution is 2.29. The average Bonchev–Trinajstić information content (AvgIpc) is 2.85. The molecule has 1 aromatic rings. The van der Waals surface area contributed by atoms with E-state index in [2.05, 4.69) is 32.0 Å². The lowest BCUT2D eigenvalue weighted by Gasteiger charge is -2.55. The average molecular weight is 496 g/mol. The van der Waals surface area contributed by atoms with Crippen molar-refractivity contribution in [3.8, 4) is 12.3 Å². The van der Waals surface area contributed by atoms with E-state index in [-0.39, 0.29) is 43.4 Å². The normalized spacial score (nSPS) is 20.5. The number of urea groups is 1. The van der Waals surface area contributed by atoms with Crippen LogP contribution in [0.2, 0.25) is 0 Å². The molecule has 8 nitrogen and oxygen atoms in total. The number of nitrogens with zero attached hydrogens (tertiary/aromatic N) is 4. The van der Waals surface area contributed by atoms with Gasteiger partial charge in [0.15, 0.2) is 0 Å². The van der Waals surface area contributed by atoms with Crippen molar-refractivity contribution in [2.24, 2.45) is 5.92 Å². The molecule has 8 heteroatoms. The van der Waals surface area contributed by atoms with E-state index in [1.165, 1.54) is 6.42 Å². The predicted octanol–water partition coefficient (Wildman–Crippen LogP) is 3.44. The lowest BCUT2D eigenvalue weighted by Crippen LogP contribution is -2.76. The highest BCUT2D eigenvalue weighted by molar-refractivity contribution is 5.91. The molecule has 36 heavy (non-hydrogen) atoms. The Labute approximate surface area is 215 Å². The van der Waals surface area contributed by atoms with Crippen LogP contribution >= 0.6 is 0 Å². The Kier molecular flexibility index (Phi) is 10.2. The number of carbonyl (C=O) groups excluding carboxylic acids is 3. The summed E-state index contributed by atoms with van der Waals surface area (Å²) >= 11 is 0. The molecular formula is C28H41N5O3. The van der Waals surface area contributed by atoms with Crippen molar-refractivity contribution in [2.75, 3.05) is 26.2 Å². The van der Waals surface area contributed by atoms with Crippen LogP contribution < -0.4 is 5.32 Å². The van der Waals surface area contributed by atoms with Gasteiger partial charge in [0.2, 0.25) is 11.8 Å². The van der Waals surface area contributed by atoms with Crippen molar-refractivity contribution in [3.63, 3.8) is 0 Å². The van der Waals surface area contributed by atoms with E-state index >= 15 is 0 Å². The molecule has 2 atom stereocenters. The van der Waals surface area contributed by atoms with E-state index in [1.807, 2.05) is 35.2 Å². The molecule has 2 fully saturated rings. The number of nitrogens with one attached hydrogen (secondary N) is 1. The first-order valence-corrected chi connectivity index (χ1v) is 13.3. The molecule has 0 aliphatic carbocycles. The molecule has 0 spiro atoms. The number of hydrogen-bond donors (Lipinski definition) is 1. The number of terminal acetylenes is 1. The second-order valence-corrected chi connectivity index (χ2v) is 10.1. The van der Waals surface area contributed by atoms with Gasteiger partial charge in [-0.15, -0.1) is 6.42 Å². The molecule has 0 bridgehead atoms. The van der Waals surface area contributed by atoms with Gasteiger partial charge in [0.05, 0.1) is 19.6 Å². The van der Waals surface area contributed by atoms with Crippen LogP contribution in [0.5, 0.6) is 0 Å². The lowest BCUT2D eigenvalue weighted by atomic mass is 9.97. The number of piperazine rings is 1. The molecule has 0 saturated carbocycles. The van der Waals surface area contributed by atoms with Crippen molar-refractivity contribution in [3.05, 3.63) is 35.9 Å². The summed E-state index contributed by atoms with van der Waals surface area (Å²) in [4.78, 5) is 43.9. The number of rotatable bonds is 11. The third-order valence-electron chi connectivity index (χ3n) is 6.82. The fourth-order valence-corrected chi connectivity index (χ4v) is 5.07. The maximum atomic E-state index is 13.5. The van der Waals surface area contributed by atoms with Gasteiger partial charge in [-0.25, -0.2) is 9.80 Å². The maximum Gasteiger partial charge on any atom is 0.334 e. The monoisotopic (exact) mass is 495 g/mol. The fourth-order valence-electron chi connectivity index (χ4n) is 5.07. The number of amides is 4. The molecular weight excluding hydrogens is 454 g/mol. The molecule has 3 rings (SSSR count). The van der Waals surface area contributed by atoms with Gasteiger partial charge in [0.25, 0.3) is 0 Å². The zero-order chi connectivity index (χ0) is 26.1. The van der Waals surface area contributed by atoms with E-state index in [0.717, 1.165) is 31.2 Å². The molecule has 0 unspecified atom stereocenters. The topological polar surface area (TPSA) is 76.2 Å². The number of benzene rings is 1. The van der Waals surface area contributed by atoms with E-state index in [9.17, 15) is 14.4 Å². The first-order valence-electron chi connectivity index (χ1n) is 13.3. The molecule has 1 aromatic carbocycles. The van der Waals surface area contributed by atoms with Crippen molar-refractivity contribution in [1.82, 2.24) is 25.1 Å². The molecule has 0 aromatic heterocycles. The van der Waals surface area contributed by atoms with Crippen LogP contribution in [0.4, 0.5) is 4.79 Å². The molecule has 2 heterocycles. The van der Waals surface area contributed by atoms with Crippen LogP contribution in [-0.2, 0) is 16.1 Å². The first-order chi connectivity index (χ1) is 17.4. The van der Waals surface area contributed by atoms with E-state index in [4.69, 9.17) is 6.42 Å². The van der Waals surface area contributed by atoms with Crippen LogP contribution in [0.25, 0.3) is 0 Å².